The van der Waals surface area contributed by atoms with E-state index in [0.717, 1.165) is 12.3 Å². The van der Waals surface area contributed by atoms with Gasteiger partial charge in [-0.25, -0.2) is 0 Å². The molecule has 0 aromatic carbocycles. The molecule has 22 heavy (non-hydrogen) atoms. The van der Waals surface area contributed by atoms with E-state index >= 15 is 0 Å². The van der Waals surface area contributed by atoms with E-state index in [4.69, 9.17) is 4.43 Å². The summed E-state index contributed by atoms with van der Waals surface area (Å²) in [6, 6.07) is 3.72. The molecule has 0 spiro atoms. The van der Waals surface area contributed by atoms with Gasteiger partial charge in [0.1, 0.15) is 0 Å². The number of rotatable bonds is 6. The van der Waals surface area contributed by atoms with E-state index in [1.807, 2.05) is 0 Å². The third-order valence-corrected chi connectivity index (χ3v) is 10.1. The summed E-state index contributed by atoms with van der Waals surface area (Å²) in [5, 5.41) is 0. The van der Waals surface area contributed by atoms with Gasteiger partial charge in [-0.15, -0.1) is 0 Å². The summed E-state index contributed by atoms with van der Waals surface area (Å²) in [5.41, 5.74) is 2.83. The second kappa shape index (κ2) is 7.96. The standard InChI is InChI=1S/C20H36OSi/c1-6-22(7-2)14-13-19(17(5)15-16(3)4)20(21-22)18-11-9-8-10-12-18/h13,16,18,20H,5-12,14-15H2,1-4H3. The van der Waals surface area contributed by atoms with Crippen LogP contribution in [0.2, 0.25) is 18.1 Å². The Balaban J connectivity index is 2.22. The van der Waals surface area contributed by atoms with E-state index in [1.165, 1.54) is 61.4 Å². The van der Waals surface area contributed by atoms with Crippen molar-refractivity contribution in [2.45, 2.75) is 90.5 Å². The van der Waals surface area contributed by atoms with Crippen LogP contribution in [0.15, 0.2) is 23.8 Å². The maximum absolute atomic E-state index is 6.94. The van der Waals surface area contributed by atoms with Gasteiger partial charge in [0.2, 0.25) is 0 Å². The molecule has 0 aromatic rings. The third-order valence-electron chi connectivity index (χ3n) is 5.81. The van der Waals surface area contributed by atoms with Crippen LogP contribution in [0.1, 0.15) is 66.2 Å². The van der Waals surface area contributed by atoms with Crippen LogP contribution in [0, 0.1) is 11.8 Å². The van der Waals surface area contributed by atoms with Crippen molar-refractivity contribution in [1.29, 1.82) is 0 Å². The van der Waals surface area contributed by atoms with Crippen LogP contribution >= 0.6 is 0 Å². The molecule has 0 aromatic heterocycles. The van der Waals surface area contributed by atoms with Crippen LogP contribution in [0.3, 0.4) is 0 Å². The fraction of sp³-hybridized carbons (Fsp3) is 0.800. The molecule has 2 rings (SSSR count). The monoisotopic (exact) mass is 320 g/mol. The van der Waals surface area contributed by atoms with Crippen LogP contribution in [0.4, 0.5) is 0 Å². The maximum Gasteiger partial charge on any atom is 0.196 e. The molecule has 0 amide bonds. The minimum absolute atomic E-state index is 0.367. The van der Waals surface area contributed by atoms with E-state index in [2.05, 4.69) is 40.3 Å². The Bertz CT molecular complexity index is 400. The molecule has 1 aliphatic heterocycles. The summed E-state index contributed by atoms with van der Waals surface area (Å²) >= 11 is 0. The summed E-state index contributed by atoms with van der Waals surface area (Å²) in [7, 11) is -1.52. The normalized spacial score (nSPS) is 26.0. The maximum atomic E-state index is 6.94. The molecule has 0 bridgehead atoms. The van der Waals surface area contributed by atoms with Crippen molar-refractivity contribution >= 4 is 8.32 Å². The average molecular weight is 321 g/mol. The zero-order valence-corrected chi connectivity index (χ0v) is 16.3. The minimum atomic E-state index is -1.52. The summed E-state index contributed by atoms with van der Waals surface area (Å²) in [5.74, 6) is 1.43. The molecule has 0 radical (unpaired) electrons. The van der Waals surface area contributed by atoms with Gasteiger partial charge in [0, 0.05) is 0 Å². The fourth-order valence-corrected chi connectivity index (χ4v) is 7.20. The highest BCUT2D eigenvalue weighted by atomic mass is 28.4. The molecule has 1 aliphatic carbocycles. The zero-order valence-electron chi connectivity index (χ0n) is 15.3. The Morgan fingerprint density at radius 2 is 1.86 bits per heavy atom. The summed E-state index contributed by atoms with van der Waals surface area (Å²) < 4.78 is 6.94. The van der Waals surface area contributed by atoms with Gasteiger partial charge in [0.25, 0.3) is 0 Å². The van der Waals surface area contributed by atoms with Crippen molar-refractivity contribution in [2.24, 2.45) is 11.8 Å². The SMILES string of the molecule is C=C(CC(C)C)C1=CC[Si](CC)(CC)OC1C1CCCCC1. The summed E-state index contributed by atoms with van der Waals surface area (Å²) in [4.78, 5) is 0. The van der Waals surface area contributed by atoms with Gasteiger partial charge < -0.3 is 4.43 Å². The van der Waals surface area contributed by atoms with Crippen LogP contribution < -0.4 is 0 Å². The molecule has 126 valence electrons. The Morgan fingerprint density at radius 3 is 2.41 bits per heavy atom. The van der Waals surface area contributed by atoms with Gasteiger partial charge in [-0.05, 0) is 60.4 Å². The van der Waals surface area contributed by atoms with Gasteiger partial charge in [-0.2, -0.15) is 0 Å². The Kier molecular flexibility index (Phi) is 6.52. The first kappa shape index (κ1) is 18.0. The Labute approximate surface area is 139 Å². The molecule has 1 atom stereocenters. The lowest BCUT2D eigenvalue weighted by molar-refractivity contribution is 0.123. The van der Waals surface area contributed by atoms with Crippen molar-refractivity contribution in [3.8, 4) is 0 Å². The van der Waals surface area contributed by atoms with Crippen LogP contribution in [-0.4, -0.2) is 14.4 Å². The lowest BCUT2D eigenvalue weighted by Crippen LogP contribution is -2.46. The minimum Gasteiger partial charge on any atom is -0.409 e. The predicted octanol–water partition coefficient (Wildman–Crippen LogP) is 6.48. The van der Waals surface area contributed by atoms with Crippen molar-refractivity contribution in [1.82, 2.24) is 0 Å². The second-order valence-corrected chi connectivity index (χ2v) is 12.3. The van der Waals surface area contributed by atoms with E-state index in [-0.39, 0.29) is 0 Å². The van der Waals surface area contributed by atoms with Crippen molar-refractivity contribution in [3.63, 3.8) is 0 Å². The first-order valence-corrected chi connectivity index (χ1v) is 12.1. The lowest BCUT2D eigenvalue weighted by atomic mass is 9.80. The van der Waals surface area contributed by atoms with E-state index in [9.17, 15) is 0 Å². The van der Waals surface area contributed by atoms with Gasteiger partial charge in [0.15, 0.2) is 8.32 Å². The number of allylic oxidation sites excluding steroid dienone is 1. The molecular formula is C20H36OSi. The van der Waals surface area contributed by atoms with Crippen molar-refractivity contribution in [2.75, 3.05) is 0 Å². The second-order valence-electron chi connectivity index (χ2n) is 7.89. The van der Waals surface area contributed by atoms with E-state index < -0.39 is 8.32 Å². The first-order valence-electron chi connectivity index (χ1n) is 9.57. The molecule has 0 saturated heterocycles. The average Bonchev–Trinajstić information content (AvgIpc) is 2.54. The van der Waals surface area contributed by atoms with Gasteiger partial charge in [-0.3, -0.25) is 0 Å². The van der Waals surface area contributed by atoms with Crippen molar-refractivity contribution < 1.29 is 4.43 Å². The fourth-order valence-electron chi connectivity index (χ4n) is 4.24. The third kappa shape index (κ3) is 4.14. The Hall–Kier alpha value is -0.343. The van der Waals surface area contributed by atoms with Crippen molar-refractivity contribution in [3.05, 3.63) is 23.8 Å². The highest BCUT2D eigenvalue weighted by molar-refractivity contribution is 6.74. The molecule has 1 heterocycles. The predicted molar refractivity (Wildman–Crippen MR) is 99.6 cm³/mol. The summed E-state index contributed by atoms with van der Waals surface area (Å²) in [6.07, 6.45) is 10.9. The molecule has 2 heteroatoms. The molecule has 1 nitrogen and oxygen atoms in total. The quantitative estimate of drug-likeness (QED) is 0.509. The van der Waals surface area contributed by atoms with E-state index in [0.29, 0.717) is 12.0 Å². The van der Waals surface area contributed by atoms with E-state index in [1.54, 1.807) is 0 Å². The first-order chi connectivity index (χ1) is 10.5. The molecule has 1 saturated carbocycles. The smallest absolute Gasteiger partial charge is 0.196 e. The molecule has 2 aliphatic rings. The van der Waals surface area contributed by atoms with Crippen LogP contribution in [0.5, 0.6) is 0 Å². The highest BCUT2D eigenvalue weighted by Crippen LogP contribution is 2.41. The molecule has 1 unspecified atom stereocenters. The molecular weight excluding hydrogens is 284 g/mol. The lowest BCUT2D eigenvalue weighted by Gasteiger charge is -2.43. The Morgan fingerprint density at radius 1 is 1.23 bits per heavy atom. The van der Waals surface area contributed by atoms with Gasteiger partial charge >= 0.3 is 0 Å². The van der Waals surface area contributed by atoms with Crippen LogP contribution in [0.25, 0.3) is 0 Å². The molecule has 0 N–H and O–H groups in total. The largest absolute Gasteiger partial charge is 0.409 e. The number of hydrogen-bond donors (Lipinski definition) is 0. The van der Waals surface area contributed by atoms with Crippen LogP contribution in [-0.2, 0) is 4.43 Å². The zero-order chi connectivity index (χ0) is 16.2. The highest BCUT2D eigenvalue weighted by Gasteiger charge is 2.41. The summed E-state index contributed by atoms with van der Waals surface area (Å²) in [6.45, 7) is 13.7. The molecule has 1 fully saturated rings. The number of hydrogen-bond acceptors (Lipinski definition) is 1. The van der Waals surface area contributed by atoms with Gasteiger partial charge in [-0.1, -0.05) is 59.6 Å². The topological polar surface area (TPSA) is 9.23 Å². The van der Waals surface area contributed by atoms with Gasteiger partial charge in [0.05, 0.1) is 6.10 Å².